The molecule has 10 nitrogen and oxygen atoms in total. The molecule has 0 saturated heterocycles. The SMILES string of the molecule is COc1cccc([C@@H](CO)NC(=O)CN2Cc3ccc(-c4nc(N[C@H]5CC[C@H](O)CC5)ncc4Cl)cc3C2=O)c1. The highest BCUT2D eigenvalue weighted by Gasteiger charge is 2.30. The van der Waals surface area contributed by atoms with E-state index < -0.39 is 6.04 Å². The van der Waals surface area contributed by atoms with Gasteiger partial charge >= 0.3 is 0 Å². The van der Waals surface area contributed by atoms with E-state index in [1.54, 1.807) is 37.4 Å². The summed E-state index contributed by atoms with van der Waals surface area (Å²) in [6, 6.07) is 12.1. The molecule has 210 valence electrons. The molecule has 3 aromatic rings. The van der Waals surface area contributed by atoms with Gasteiger partial charge in [-0.2, -0.15) is 0 Å². The molecule has 0 spiro atoms. The fourth-order valence-corrected chi connectivity index (χ4v) is 5.38. The third-order valence-corrected chi connectivity index (χ3v) is 7.66. The van der Waals surface area contributed by atoms with Crippen LogP contribution < -0.4 is 15.4 Å². The number of carbonyl (C=O) groups excluding carboxylic acids is 2. The Balaban J connectivity index is 1.26. The monoisotopic (exact) mass is 565 g/mol. The molecule has 2 aliphatic rings. The predicted octanol–water partition coefficient (Wildman–Crippen LogP) is 3.33. The van der Waals surface area contributed by atoms with E-state index >= 15 is 0 Å². The summed E-state index contributed by atoms with van der Waals surface area (Å²) < 4.78 is 5.23. The van der Waals surface area contributed by atoms with E-state index in [0.717, 1.165) is 31.2 Å². The molecule has 40 heavy (non-hydrogen) atoms. The molecule has 1 aromatic heterocycles. The van der Waals surface area contributed by atoms with Gasteiger partial charge in [0, 0.05) is 23.7 Å². The number of carbonyl (C=O) groups is 2. The Hall–Kier alpha value is -3.73. The van der Waals surface area contributed by atoms with Gasteiger partial charge in [0.1, 0.15) is 12.3 Å². The fourth-order valence-electron chi connectivity index (χ4n) is 5.18. The van der Waals surface area contributed by atoms with Crippen LogP contribution in [0, 0.1) is 0 Å². The van der Waals surface area contributed by atoms with E-state index in [-0.39, 0.29) is 37.1 Å². The van der Waals surface area contributed by atoms with E-state index in [1.165, 1.54) is 11.1 Å². The standard InChI is InChI=1S/C29H32ClN5O5/c1-40-22-4-2-3-17(11-22)25(16-36)33-26(38)15-35-14-19-6-5-18(12-23(19)28(35)39)27-24(30)13-31-29(34-27)32-20-7-9-21(37)10-8-20/h2-6,11-13,20-21,25,36-37H,7-10,14-16H2,1H3,(H,33,38)(H,31,32,34)/t20-,21-,25-/m1/s1. The zero-order chi connectivity index (χ0) is 28.2. The summed E-state index contributed by atoms with van der Waals surface area (Å²) in [7, 11) is 1.55. The summed E-state index contributed by atoms with van der Waals surface area (Å²) in [6.45, 7) is -0.153. The number of benzene rings is 2. The van der Waals surface area contributed by atoms with Gasteiger partial charge in [-0.1, -0.05) is 35.9 Å². The lowest BCUT2D eigenvalue weighted by atomic mass is 9.93. The summed E-state index contributed by atoms with van der Waals surface area (Å²) >= 11 is 6.45. The van der Waals surface area contributed by atoms with Crippen LogP contribution in [-0.2, 0) is 11.3 Å². The number of hydrogen-bond acceptors (Lipinski definition) is 8. The third kappa shape index (κ3) is 6.19. The second-order valence-electron chi connectivity index (χ2n) is 10.2. The van der Waals surface area contributed by atoms with Gasteiger partial charge in [0.05, 0.1) is 42.8 Å². The predicted molar refractivity (Wildman–Crippen MR) is 150 cm³/mol. The zero-order valence-corrected chi connectivity index (χ0v) is 22.9. The highest BCUT2D eigenvalue weighted by atomic mass is 35.5. The van der Waals surface area contributed by atoms with Crippen molar-refractivity contribution in [1.82, 2.24) is 20.2 Å². The molecule has 1 aliphatic heterocycles. The molecule has 1 atom stereocenters. The van der Waals surface area contributed by atoms with Crippen LogP contribution in [0.4, 0.5) is 5.95 Å². The molecule has 11 heteroatoms. The second kappa shape index (κ2) is 12.2. The van der Waals surface area contributed by atoms with Crippen molar-refractivity contribution < 1.29 is 24.5 Å². The summed E-state index contributed by atoms with van der Waals surface area (Å²) in [5.41, 5.74) is 3.17. The number of aromatic nitrogens is 2. The van der Waals surface area contributed by atoms with Crippen LogP contribution >= 0.6 is 11.6 Å². The molecule has 0 radical (unpaired) electrons. The molecule has 1 aliphatic carbocycles. The van der Waals surface area contributed by atoms with Gasteiger partial charge < -0.3 is 30.5 Å². The van der Waals surface area contributed by atoms with Crippen molar-refractivity contribution in [2.45, 2.75) is 50.4 Å². The average Bonchev–Trinajstić information content (AvgIpc) is 3.27. The Morgan fingerprint density at radius 2 is 2.00 bits per heavy atom. The molecule has 0 bridgehead atoms. The van der Waals surface area contributed by atoms with Crippen molar-refractivity contribution in [3.63, 3.8) is 0 Å². The number of fused-ring (bicyclic) bond motifs is 1. The Kier molecular flexibility index (Phi) is 8.49. The zero-order valence-electron chi connectivity index (χ0n) is 22.1. The van der Waals surface area contributed by atoms with Crippen LogP contribution in [0.3, 0.4) is 0 Å². The number of hydrogen-bond donors (Lipinski definition) is 4. The molecule has 0 unspecified atom stereocenters. The van der Waals surface area contributed by atoms with Gasteiger partial charge in [0.25, 0.3) is 5.91 Å². The van der Waals surface area contributed by atoms with Crippen LogP contribution in [0.25, 0.3) is 11.3 Å². The number of anilines is 1. The van der Waals surface area contributed by atoms with E-state index in [4.69, 9.17) is 16.3 Å². The van der Waals surface area contributed by atoms with Gasteiger partial charge in [-0.05, 0) is 55.0 Å². The number of halogens is 1. The maximum Gasteiger partial charge on any atom is 0.254 e. The summed E-state index contributed by atoms with van der Waals surface area (Å²) in [5.74, 6) is 0.415. The van der Waals surface area contributed by atoms with Gasteiger partial charge in [-0.3, -0.25) is 9.59 Å². The summed E-state index contributed by atoms with van der Waals surface area (Å²) in [6.07, 6.45) is 4.42. The van der Waals surface area contributed by atoms with Crippen LogP contribution in [0.2, 0.25) is 5.02 Å². The number of nitrogens with one attached hydrogen (secondary N) is 2. The van der Waals surface area contributed by atoms with Crippen molar-refractivity contribution in [3.05, 3.63) is 70.4 Å². The Morgan fingerprint density at radius 1 is 1.20 bits per heavy atom. The Bertz CT molecular complexity index is 1390. The first-order chi connectivity index (χ1) is 19.3. The molecule has 2 amide bonds. The number of methoxy groups -OCH3 is 1. The Labute approximate surface area is 237 Å². The molecule has 4 N–H and O–H groups in total. The highest BCUT2D eigenvalue weighted by molar-refractivity contribution is 6.33. The highest BCUT2D eigenvalue weighted by Crippen LogP contribution is 2.32. The molecule has 1 fully saturated rings. The third-order valence-electron chi connectivity index (χ3n) is 7.38. The first kappa shape index (κ1) is 27.8. The first-order valence-electron chi connectivity index (χ1n) is 13.3. The molecular weight excluding hydrogens is 534 g/mol. The van der Waals surface area contributed by atoms with Crippen LogP contribution in [0.15, 0.2) is 48.7 Å². The van der Waals surface area contributed by atoms with E-state index in [1.807, 2.05) is 12.1 Å². The molecular formula is C29H32ClN5O5. The quantitative estimate of drug-likeness (QED) is 0.310. The van der Waals surface area contributed by atoms with Gasteiger partial charge in [0.2, 0.25) is 11.9 Å². The minimum atomic E-state index is -0.629. The largest absolute Gasteiger partial charge is 0.497 e. The van der Waals surface area contributed by atoms with Crippen LogP contribution in [0.1, 0.15) is 53.2 Å². The summed E-state index contributed by atoms with van der Waals surface area (Å²) in [4.78, 5) is 36.5. The smallest absolute Gasteiger partial charge is 0.254 e. The second-order valence-corrected chi connectivity index (χ2v) is 10.6. The Morgan fingerprint density at radius 3 is 2.75 bits per heavy atom. The molecule has 5 rings (SSSR count). The topological polar surface area (TPSA) is 137 Å². The minimum Gasteiger partial charge on any atom is -0.497 e. The maximum absolute atomic E-state index is 13.2. The van der Waals surface area contributed by atoms with Gasteiger partial charge in [-0.25, -0.2) is 9.97 Å². The lowest BCUT2D eigenvalue weighted by Gasteiger charge is -2.26. The van der Waals surface area contributed by atoms with Crippen LogP contribution in [0.5, 0.6) is 5.75 Å². The molecule has 1 saturated carbocycles. The van der Waals surface area contributed by atoms with Crippen molar-refractivity contribution in [2.75, 3.05) is 25.6 Å². The lowest BCUT2D eigenvalue weighted by molar-refractivity contribution is -0.122. The first-order valence-corrected chi connectivity index (χ1v) is 13.7. The number of ether oxygens (including phenoxy) is 1. The number of aliphatic hydroxyl groups is 2. The van der Waals surface area contributed by atoms with E-state index in [0.29, 0.717) is 45.6 Å². The number of rotatable bonds is 9. The number of nitrogens with zero attached hydrogens (tertiary/aromatic N) is 3. The normalized spacial score (nSPS) is 19.2. The number of amides is 2. The fraction of sp³-hybridized carbons (Fsp3) is 0.379. The summed E-state index contributed by atoms with van der Waals surface area (Å²) in [5, 5.41) is 26.1. The molecule has 2 aromatic carbocycles. The van der Waals surface area contributed by atoms with Gasteiger partial charge in [0.15, 0.2) is 0 Å². The van der Waals surface area contributed by atoms with Gasteiger partial charge in [-0.15, -0.1) is 0 Å². The van der Waals surface area contributed by atoms with Crippen molar-refractivity contribution >= 4 is 29.4 Å². The maximum atomic E-state index is 13.2. The van der Waals surface area contributed by atoms with E-state index in [9.17, 15) is 19.8 Å². The van der Waals surface area contributed by atoms with Crippen molar-refractivity contribution in [3.8, 4) is 17.0 Å². The number of aliphatic hydroxyl groups excluding tert-OH is 2. The lowest BCUT2D eigenvalue weighted by Crippen LogP contribution is -2.40. The van der Waals surface area contributed by atoms with Crippen LogP contribution in [-0.4, -0.2) is 69.3 Å². The van der Waals surface area contributed by atoms with E-state index in [2.05, 4.69) is 20.6 Å². The van der Waals surface area contributed by atoms with Crippen molar-refractivity contribution in [1.29, 1.82) is 0 Å². The minimum absolute atomic E-state index is 0.151. The van der Waals surface area contributed by atoms with Crippen molar-refractivity contribution in [2.24, 2.45) is 0 Å². The average molecular weight is 566 g/mol. The molecule has 2 heterocycles.